The summed E-state index contributed by atoms with van der Waals surface area (Å²) in [5.41, 5.74) is 0. The van der Waals surface area contributed by atoms with E-state index < -0.39 is 14.6 Å². The molecule has 5 nitrogen and oxygen atoms in total. The zero-order valence-electron chi connectivity index (χ0n) is 9.34. The van der Waals surface area contributed by atoms with Gasteiger partial charge in [0.2, 0.25) is 6.33 Å². The molecule has 0 aromatic carbocycles. The second kappa shape index (κ2) is 9.02. The first kappa shape index (κ1) is 18.3. The molecule has 0 bridgehead atoms. The number of halogens is 4. The minimum atomic E-state index is -6.00. The van der Waals surface area contributed by atoms with Crippen LogP contribution in [0.2, 0.25) is 0 Å². The van der Waals surface area contributed by atoms with Crippen molar-refractivity contribution in [2.45, 2.75) is 13.5 Å². The maximum absolute atomic E-state index is 9.75. The van der Waals surface area contributed by atoms with Crippen LogP contribution < -0.4 is 4.57 Å². The van der Waals surface area contributed by atoms with Gasteiger partial charge in [0.1, 0.15) is 12.4 Å². The monoisotopic (exact) mass is 260 g/mol. The van der Waals surface area contributed by atoms with E-state index in [4.69, 9.17) is 15.1 Å². The summed E-state index contributed by atoms with van der Waals surface area (Å²) in [5.74, 6) is 0. The largest absolute Gasteiger partial charge is 0.673 e. The molecule has 0 saturated carbocycles. The van der Waals surface area contributed by atoms with E-state index in [2.05, 4.69) is 24.0 Å². The van der Waals surface area contributed by atoms with Gasteiger partial charge in [0.15, 0.2) is 0 Å². The topological polar surface area (TPSA) is 69.5 Å². The van der Waals surface area contributed by atoms with Crippen LogP contribution in [0, 0.1) is 0 Å². The Morgan fingerprint density at radius 1 is 1.24 bits per heavy atom. The average molecular weight is 260 g/mol. The van der Waals surface area contributed by atoms with Gasteiger partial charge in [0, 0.05) is 0 Å². The summed E-state index contributed by atoms with van der Waals surface area (Å²) < 4.78 is 43.2. The number of rotatable bonds is 1. The molecule has 1 rings (SSSR count). The van der Waals surface area contributed by atoms with Crippen molar-refractivity contribution < 1.29 is 36.9 Å². The maximum Gasteiger partial charge on any atom is 0.673 e. The Balaban J connectivity index is 0. The number of aromatic nitrogens is 2. The summed E-state index contributed by atoms with van der Waals surface area (Å²) >= 11 is 0. The van der Waals surface area contributed by atoms with Gasteiger partial charge < -0.3 is 32.3 Å². The van der Waals surface area contributed by atoms with Gasteiger partial charge in [-0.15, -0.1) is 0 Å². The van der Waals surface area contributed by atoms with Crippen LogP contribution in [0.15, 0.2) is 18.7 Å². The molecule has 0 fully saturated rings. The quantitative estimate of drug-likeness (QED) is 0.365. The molecule has 0 saturated heterocycles. The number of aryl methyl sites for hydroxylation is 2. The molecule has 0 amide bonds. The molecule has 17 heavy (non-hydrogen) atoms. The van der Waals surface area contributed by atoms with E-state index in [9.17, 15) is 17.3 Å². The highest BCUT2D eigenvalue weighted by Gasteiger charge is 2.20. The zero-order valence-corrected chi connectivity index (χ0v) is 9.34. The third kappa shape index (κ3) is 25.3. The van der Waals surface area contributed by atoms with Gasteiger partial charge in [0.05, 0.1) is 13.6 Å². The van der Waals surface area contributed by atoms with Gasteiger partial charge in [-0.2, -0.15) is 0 Å². The van der Waals surface area contributed by atoms with Crippen LogP contribution in [0.1, 0.15) is 6.92 Å². The molecule has 1 aromatic rings. The first-order valence-corrected chi connectivity index (χ1v) is 4.48. The van der Waals surface area contributed by atoms with Crippen LogP contribution in [0.5, 0.6) is 0 Å². The summed E-state index contributed by atoms with van der Waals surface area (Å²) in [6.45, 7) is 3.18. The predicted molar refractivity (Wildman–Crippen MR) is 53.9 cm³/mol. The van der Waals surface area contributed by atoms with Crippen molar-refractivity contribution >= 4 is 14.6 Å². The minimum Gasteiger partial charge on any atom is -0.418 e. The van der Waals surface area contributed by atoms with E-state index in [1.165, 1.54) is 0 Å². The summed E-state index contributed by atoms with van der Waals surface area (Å²) in [7, 11) is -6.15. The molecule has 0 unspecified atom stereocenters. The smallest absolute Gasteiger partial charge is 0.418 e. The second-order valence-corrected chi connectivity index (χ2v) is 2.75. The van der Waals surface area contributed by atoms with Crippen LogP contribution >= 0.6 is 0 Å². The molecule has 0 atom stereocenters. The van der Waals surface area contributed by atoms with Gasteiger partial charge >= 0.3 is 14.6 Å². The molecule has 3 N–H and O–H groups in total. The molecule has 100 valence electrons. The fourth-order valence-corrected chi connectivity index (χ4v) is 0.689. The van der Waals surface area contributed by atoms with Crippen molar-refractivity contribution in [1.29, 1.82) is 0 Å². The number of hydrogen-bond acceptors (Lipinski definition) is 3. The van der Waals surface area contributed by atoms with Crippen LogP contribution in [-0.4, -0.2) is 34.2 Å². The van der Waals surface area contributed by atoms with Crippen molar-refractivity contribution in [3.63, 3.8) is 0 Å². The van der Waals surface area contributed by atoms with E-state index in [-0.39, 0.29) is 0 Å². The highest BCUT2D eigenvalue weighted by Crippen LogP contribution is 2.06. The highest BCUT2D eigenvalue weighted by molar-refractivity contribution is 6.50. The van der Waals surface area contributed by atoms with Gasteiger partial charge in [-0.1, -0.05) is 0 Å². The van der Waals surface area contributed by atoms with Crippen molar-refractivity contribution in [3.8, 4) is 0 Å². The number of hydrogen-bond donors (Lipinski definition) is 3. The fourth-order valence-electron chi connectivity index (χ4n) is 0.689. The standard InChI is InChI=1S/C6H11N2.BF4.BH3O3/c1-3-8-5-4-7(2)6-8;2-1(3,4)5;2-1(3)4/h4-6H,3H2,1-2H3;;2-4H/q+1;-1;. The van der Waals surface area contributed by atoms with Crippen molar-refractivity contribution in [2.75, 3.05) is 0 Å². The first-order chi connectivity index (χ1) is 7.56. The molecule has 0 aliphatic rings. The molecule has 1 heterocycles. The van der Waals surface area contributed by atoms with Crippen LogP contribution in [0.4, 0.5) is 17.3 Å². The SMILES string of the molecule is CCn1cc[n+](C)c1.F[B-](F)(F)F.OB(O)O. The predicted octanol–water partition coefficient (Wildman–Crippen LogP) is -0.419. The molecule has 0 aliphatic heterocycles. The van der Waals surface area contributed by atoms with E-state index in [0.717, 1.165) is 6.54 Å². The van der Waals surface area contributed by atoms with Gasteiger partial charge in [0.25, 0.3) is 0 Å². The summed E-state index contributed by atoms with van der Waals surface area (Å²) in [6.07, 6.45) is 6.14. The Bertz CT molecular complexity index is 286. The van der Waals surface area contributed by atoms with Crippen LogP contribution in [0.25, 0.3) is 0 Å². The van der Waals surface area contributed by atoms with Crippen molar-refractivity contribution in [3.05, 3.63) is 18.7 Å². The average Bonchev–Trinajstić information content (AvgIpc) is 2.47. The highest BCUT2D eigenvalue weighted by atomic mass is 19.5. The molecule has 0 radical (unpaired) electrons. The molecular weight excluding hydrogens is 246 g/mol. The van der Waals surface area contributed by atoms with Crippen molar-refractivity contribution in [2.24, 2.45) is 7.05 Å². The third-order valence-electron chi connectivity index (χ3n) is 1.19. The Morgan fingerprint density at radius 3 is 1.71 bits per heavy atom. The molecule has 11 heteroatoms. The lowest BCUT2D eigenvalue weighted by molar-refractivity contribution is -0.671. The van der Waals surface area contributed by atoms with Crippen LogP contribution in [0.3, 0.4) is 0 Å². The zero-order chi connectivity index (χ0) is 14.1. The summed E-state index contributed by atoms with van der Waals surface area (Å²) in [4.78, 5) is 0. The van der Waals surface area contributed by atoms with E-state index in [0.29, 0.717) is 0 Å². The Morgan fingerprint density at radius 2 is 1.59 bits per heavy atom. The lowest BCUT2D eigenvalue weighted by Gasteiger charge is -1.94. The Hall–Kier alpha value is -1.06. The maximum atomic E-state index is 9.75. The summed E-state index contributed by atoms with van der Waals surface area (Å²) in [6, 6.07) is 0. The minimum absolute atomic E-state index is 1.06. The molecular formula is C6H14B2F4N2O3. The normalized spacial score (nSPS) is 9.71. The fraction of sp³-hybridized carbons (Fsp3) is 0.500. The lowest BCUT2D eigenvalue weighted by atomic mass is 10.3. The third-order valence-corrected chi connectivity index (χ3v) is 1.19. The Labute approximate surface area is 96.2 Å². The lowest BCUT2D eigenvalue weighted by Crippen LogP contribution is -2.23. The van der Waals surface area contributed by atoms with Gasteiger partial charge in [-0.25, -0.2) is 9.13 Å². The van der Waals surface area contributed by atoms with Crippen molar-refractivity contribution in [1.82, 2.24) is 4.57 Å². The number of imidazole rings is 1. The molecule has 1 aromatic heterocycles. The molecule has 0 spiro atoms. The molecule has 0 aliphatic carbocycles. The number of nitrogens with zero attached hydrogens (tertiary/aromatic N) is 2. The van der Waals surface area contributed by atoms with Crippen LogP contribution in [-0.2, 0) is 13.6 Å². The Kier molecular flexibility index (Phi) is 9.71. The van der Waals surface area contributed by atoms with Gasteiger partial charge in [-0.3, -0.25) is 0 Å². The second-order valence-electron chi connectivity index (χ2n) is 2.75. The van der Waals surface area contributed by atoms with E-state index in [1.54, 1.807) is 0 Å². The first-order valence-electron chi connectivity index (χ1n) is 4.48. The van der Waals surface area contributed by atoms with Gasteiger partial charge in [-0.05, 0) is 6.92 Å². The van der Waals surface area contributed by atoms with E-state index in [1.807, 2.05) is 17.8 Å². The van der Waals surface area contributed by atoms with E-state index >= 15 is 0 Å². The summed E-state index contributed by atoms with van der Waals surface area (Å²) in [5, 5.41) is 21.5.